The van der Waals surface area contributed by atoms with Gasteiger partial charge in [-0.15, -0.1) is 0 Å². The second kappa shape index (κ2) is 9.29. The van der Waals surface area contributed by atoms with E-state index in [1.807, 2.05) is 12.1 Å². The van der Waals surface area contributed by atoms with Crippen LogP contribution in [0.15, 0.2) is 18.2 Å². The van der Waals surface area contributed by atoms with Crippen molar-refractivity contribution in [2.75, 3.05) is 31.6 Å². The Morgan fingerprint density at radius 2 is 1.95 bits per heavy atom. The van der Waals surface area contributed by atoms with Crippen LogP contribution in [0.2, 0.25) is 5.02 Å². The molecule has 0 saturated heterocycles. The second-order valence-electron chi connectivity index (χ2n) is 6.14. The van der Waals surface area contributed by atoms with Crippen LogP contribution >= 0.6 is 11.6 Å². The van der Waals surface area contributed by atoms with Gasteiger partial charge in [-0.05, 0) is 50.1 Å². The molecule has 0 unspecified atom stereocenters. The van der Waals surface area contributed by atoms with E-state index < -0.39 is 0 Å². The van der Waals surface area contributed by atoms with Crippen LogP contribution in [0.4, 0.5) is 5.69 Å². The first-order chi connectivity index (χ1) is 9.90. The van der Waals surface area contributed by atoms with Gasteiger partial charge < -0.3 is 15.0 Å². The highest BCUT2D eigenvalue weighted by molar-refractivity contribution is 6.30. The van der Waals surface area contributed by atoms with Crippen LogP contribution in [-0.4, -0.2) is 32.8 Å². The number of nitrogens with one attached hydrogen (secondary N) is 1. The standard InChI is InChI=1S/C17H29ClN2O/c1-13(2)11-19-12-15-10-16(18)6-7-17(15)20(5)8-9-21-14(3)4/h6-7,10,13-14,19H,8-9,11-12H2,1-5H3. The molecule has 1 N–H and O–H groups in total. The third-order valence-electron chi connectivity index (χ3n) is 3.20. The summed E-state index contributed by atoms with van der Waals surface area (Å²) in [6.07, 6.45) is 0.274. The molecule has 0 saturated carbocycles. The summed E-state index contributed by atoms with van der Waals surface area (Å²) < 4.78 is 5.63. The van der Waals surface area contributed by atoms with Crippen molar-refractivity contribution in [2.24, 2.45) is 5.92 Å². The molecule has 3 nitrogen and oxygen atoms in total. The lowest BCUT2D eigenvalue weighted by molar-refractivity contribution is 0.0846. The molecule has 0 radical (unpaired) electrons. The third kappa shape index (κ3) is 7.16. The van der Waals surface area contributed by atoms with Gasteiger partial charge in [-0.2, -0.15) is 0 Å². The van der Waals surface area contributed by atoms with Crippen molar-refractivity contribution in [3.63, 3.8) is 0 Å². The first-order valence-corrected chi connectivity index (χ1v) is 8.09. The van der Waals surface area contributed by atoms with E-state index in [9.17, 15) is 0 Å². The van der Waals surface area contributed by atoms with Crippen molar-refractivity contribution >= 4 is 17.3 Å². The minimum Gasteiger partial charge on any atom is -0.377 e. The Hall–Kier alpha value is -0.770. The number of halogens is 1. The van der Waals surface area contributed by atoms with Gasteiger partial charge in [0.2, 0.25) is 0 Å². The molecule has 0 atom stereocenters. The lowest BCUT2D eigenvalue weighted by atomic mass is 10.1. The fourth-order valence-electron chi connectivity index (χ4n) is 2.11. The van der Waals surface area contributed by atoms with E-state index in [1.165, 1.54) is 11.3 Å². The molecule has 1 rings (SSSR count). The summed E-state index contributed by atoms with van der Waals surface area (Å²) in [5.74, 6) is 0.643. The molecule has 1 aromatic carbocycles. The highest BCUT2D eigenvalue weighted by Gasteiger charge is 2.09. The molecular weight excluding hydrogens is 284 g/mol. The van der Waals surface area contributed by atoms with Crippen LogP contribution < -0.4 is 10.2 Å². The highest BCUT2D eigenvalue weighted by Crippen LogP contribution is 2.23. The molecule has 0 aliphatic carbocycles. The summed E-state index contributed by atoms with van der Waals surface area (Å²) in [6.45, 7) is 12.0. The Labute approximate surface area is 134 Å². The second-order valence-corrected chi connectivity index (χ2v) is 6.58. The van der Waals surface area contributed by atoms with E-state index >= 15 is 0 Å². The van der Waals surface area contributed by atoms with E-state index in [-0.39, 0.29) is 6.10 Å². The van der Waals surface area contributed by atoms with Gasteiger partial charge in [0.25, 0.3) is 0 Å². The number of hydrogen-bond acceptors (Lipinski definition) is 3. The van der Waals surface area contributed by atoms with Gasteiger partial charge in [-0.1, -0.05) is 25.4 Å². The molecule has 0 amide bonds. The largest absolute Gasteiger partial charge is 0.377 e. The fraction of sp³-hybridized carbons (Fsp3) is 0.647. The Kier molecular flexibility index (Phi) is 8.09. The Morgan fingerprint density at radius 1 is 1.24 bits per heavy atom. The van der Waals surface area contributed by atoms with Gasteiger partial charge in [0.15, 0.2) is 0 Å². The number of likely N-dealkylation sites (N-methyl/N-ethyl adjacent to an activating group) is 1. The third-order valence-corrected chi connectivity index (χ3v) is 3.43. The van der Waals surface area contributed by atoms with Crippen molar-refractivity contribution in [1.82, 2.24) is 5.32 Å². The molecule has 0 aliphatic rings. The molecule has 0 heterocycles. The zero-order valence-electron chi connectivity index (χ0n) is 13.9. The molecule has 120 valence electrons. The lowest BCUT2D eigenvalue weighted by Gasteiger charge is -2.23. The molecule has 0 aromatic heterocycles. The highest BCUT2D eigenvalue weighted by atomic mass is 35.5. The van der Waals surface area contributed by atoms with Crippen LogP contribution in [0.25, 0.3) is 0 Å². The molecule has 1 aromatic rings. The number of rotatable bonds is 9. The smallest absolute Gasteiger partial charge is 0.0644 e. The van der Waals surface area contributed by atoms with Crippen LogP contribution in [0, 0.1) is 5.92 Å². The zero-order valence-corrected chi connectivity index (χ0v) is 14.7. The first kappa shape index (κ1) is 18.3. The van der Waals surface area contributed by atoms with E-state index in [0.717, 1.165) is 31.3 Å². The number of nitrogens with zero attached hydrogens (tertiary/aromatic N) is 1. The van der Waals surface area contributed by atoms with E-state index in [1.54, 1.807) is 0 Å². The lowest BCUT2D eigenvalue weighted by Crippen LogP contribution is -2.26. The van der Waals surface area contributed by atoms with Gasteiger partial charge in [0.05, 0.1) is 12.7 Å². The summed E-state index contributed by atoms with van der Waals surface area (Å²) >= 11 is 6.14. The average molecular weight is 313 g/mol. The number of benzene rings is 1. The van der Waals surface area contributed by atoms with Crippen molar-refractivity contribution < 1.29 is 4.74 Å². The summed E-state index contributed by atoms with van der Waals surface area (Å²) in [7, 11) is 2.10. The maximum absolute atomic E-state index is 6.14. The molecule has 0 aliphatic heterocycles. The summed E-state index contributed by atoms with van der Waals surface area (Å²) in [5, 5.41) is 4.27. The minimum atomic E-state index is 0.274. The maximum atomic E-state index is 6.14. The number of anilines is 1. The SMILES string of the molecule is CC(C)CNCc1cc(Cl)ccc1N(C)CCOC(C)C. The van der Waals surface area contributed by atoms with Crippen LogP contribution in [0.3, 0.4) is 0 Å². The summed E-state index contributed by atoms with van der Waals surface area (Å²) in [5.41, 5.74) is 2.44. The Balaban J connectivity index is 2.66. The van der Waals surface area contributed by atoms with Crippen molar-refractivity contribution in [2.45, 2.75) is 40.3 Å². The zero-order chi connectivity index (χ0) is 15.8. The van der Waals surface area contributed by atoms with Gasteiger partial charge in [-0.3, -0.25) is 0 Å². The normalized spacial score (nSPS) is 11.4. The van der Waals surface area contributed by atoms with E-state index in [0.29, 0.717) is 5.92 Å². The number of ether oxygens (including phenoxy) is 1. The van der Waals surface area contributed by atoms with Crippen molar-refractivity contribution in [3.8, 4) is 0 Å². The Morgan fingerprint density at radius 3 is 2.57 bits per heavy atom. The van der Waals surface area contributed by atoms with Crippen molar-refractivity contribution in [1.29, 1.82) is 0 Å². The van der Waals surface area contributed by atoms with Crippen LogP contribution in [-0.2, 0) is 11.3 Å². The monoisotopic (exact) mass is 312 g/mol. The minimum absolute atomic E-state index is 0.274. The van der Waals surface area contributed by atoms with Crippen LogP contribution in [0.5, 0.6) is 0 Å². The van der Waals surface area contributed by atoms with Crippen molar-refractivity contribution in [3.05, 3.63) is 28.8 Å². The molecule has 0 bridgehead atoms. The van der Waals surface area contributed by atoms with E-state index in [4.69, 9.17) is 16.3 Å². The van der Waals surface area contributed by atoms with Gasteiger partial charge in [0.1, 0.15) is 0 Å². The number of hydrogen-bond donors (Lipinski definition) is 1. The molecule has 0 fully saturated rings. The molecular formula is C17H29ClN2O. The summed E-state index contributed by atoms with van der Waals surface area (Å²) in [6, 6.07) is 6.08. The van der Waals surface area contributed by atoms with E-state index in [2.05, 4.69) is 51.0 Å². The quantitative estimate of drug-likeness (QED) is 0.747. The van der Waals surface area contributed by atoms with Gasteiger partial charge in [0, 0.05) is 30.8 Å². The predicted octanol–water partition coefficient (Wildman–Crippen LogP) is 3.95. The first-order valence-electron chi connectivity index (χ1n) is 7.72. The topological polar surface area (TPSA) is 24.5 Å². The predicted molar refractivity (Wildman–Crippen MR) is 92.4 cm³/mol. The van der Waals surface area contributed by atoms with Gasteiger partial charge >= 0.3 is 0 Å². The average Bonchev–Trinajstić information content (AvgIpc) is 2.37. The molecule has 4 heteroatoms. The molecule has 21 heavy (non-hydrogen) atoms. The summed E-state index contributed by atoms with van der Waals surface area (Å²) in [4.78, 5) is 2.23. The van der Waals surface area contributed by atoms with Crippen LogP contribution in [0.1, 0.15) is 33.3 Å². The van der Waals surface area contributed by atoms with Gasteiger partial charge in [-0.25, -0.2) is 0 Å². The molecule has 0 spiro atoms. The fourth-order valence-corrected chi connectivity index (χ4v) is 2.30. The maximum Gasteiger partial charge on any atom is 0.0644 e. The Bertz CT molecular complexity index is 421.